The van der Waals surface area contributed by atoms with Crippen LogP contribution in [0.25, 0.3) is 21.9 Å². The normalized spacial score (nSPS) is 26.7. The molecule has 1 fully saturated rings. The Morgan fingerprint density at radius 3 is 2.56 bits per heavy atom. The van der Waals surface area contributed by atoms with Crippen LogP contribution in [0.2, 0.25) is 0 Å². The van der Waals surface area contributed by atoms with Crippen molar-refractivity contribution in [3.63, 3.8) is 0 Å². The highest BCUT2D eigenvalue weighted by Gasteiger charge is 2.45. The number of fused-ring (bicyclic) bond motifs is 3. The van der Waals surface area contributed by atoms with Gasteiger partial charge in [-0.25, -0.2) is 4.79 Å². The van der Waals surface area contributed by atoms with E-state index in [1.165, 1.54) is 6.07 Å². The molecule has 0 bridgehead atoms. The number of hydrogen-bond acceptors (Lipinski definition) is 11. The summed E-state index contributed by atoms with van der Waals surface area (Å²) in [6, 6.07) is 9.82. The number of benzene rings is 3. The number of phenolic OH excluding ortho intramolecular Hbond substituents is 1. The van der Waals surface area contributed by atoms with Gasteiger partial charge in [0.25, 0.3) is 0 Å². The summed E-state index contributed by atoms with van der Waals surface area (Å²) < 4.78 is 27.6. The number of hydrogen-bond donors (Lipinski definition) is 5. The van der Waals surface area contributed by atoms with Crippen molar-refractivity contribution in [1.82, 2.24) is 0 Å². The monoisotopic (exact) mass is 498 g/mol. The average Bonchev–Trinajstić information content (AvgIpc) is 3.50. The summed E-state index contributed by atoms with van der Waals surface area (Å²) in [5, 5.41) is 52.1. The van der Waals surface area contributed by atoms with Crippen molar-refractivity contribution in [2.75, 3.05) is 13.4 Å². The van der Waals surface area contributed by atoms with E-state index in [1.807, 2.05) is 0 Å². The molecule has 1 saturated heterocycles. The Labute approximate surface area is 203 Å². The summed E-state index contributed by atoms with van der Waals surface area (Å²) in [6.07, 6.45) is -7.66. The first kappa shape index (κ1) is 22.8. The van der Waals surface area contributed by atoms with E-state index < -0.39 is 43.3 Å². The molecule has 5 atom stereocenters. The van der Waals surface area contributed by atoms with Crippen molar-refractivity contribution in [3.05, 3.63) is 47.5 Å². The lowest BCUT2D eigenvalue weighted by atomic mass is 9.89. The SMILES string of the molecule is O=C1OCc2c1cc1ccc(O)c(O[C@@H]3O[C@@H](CO)[C@@H](O)[C@@H](O)[C@H]3O)c1c2-c1ccc2c(c1)OCO2. The topological polar surface area (TPSA) is 164 Å². The van der Waals surface area contributed by atoms with Gasteiger partial charge in [-0.15, -0.1) is 0 Å². The number of rotatable bonds is 4. The third-order valence-corrected chi connectivity index (χ3v) is 6.66. The molecule has 0 radical (unpaired) electrons. The van der Waals surface area contributed by atoms with E-state index in [1.54, 1.807) is 30.3 Å². The second-order valence-corrected chi connectivity index (χ2v) is 8.75. The number of aliphatic hydroxyl groups excluding tert-OH is 4. The third kappa shape index (κ3) is 3.44. The van der Waals surface area contributed by atoms with Crippen LogP contribution in [-0.4, -0.2) is 75.6 Å². The van der Waals surface area contributed by atoms with E-state index in [4.69, 9.17) is 23.7 Å². The van der Waals surface area contributed by atoms with Gasteiger partial charge < -0.3 is 49.2 Å². The first-order valence-electron chi connectivity index (χ1n) is 11.2. The van der Waals surface area contributed by atoms with Crippen LogP contribution in [0.15, 0.2) is 36.4 Å². The van der Waals surface area contributed by atoms with Crippen molar-refractivity contribution in [3.8, 4) is 34.1 Å². The van der Waals surface area contributed by atoms with Gasteiger partial charge in [0.2, 0.25) is 13.1 Å². The highest BCUT2D eigenvalue weighted by molar-refractivity contribution is 6.10. The van der Waals surface area contributed by atoms with Crippen LogP contribution in [0.5, 0.6) is 23.0 Å². The number of cyclic esters (lactones) is 1. The number of esters is 1. The van der Waals surface area contributed by atoms with Crippen molar-refractivity contribution in [2.24, 2.45) is 0 Å². The Morgan fingerprint density at radius 1 is 0.944 bits per heavy atom. The molecule has 3 heterocycles. The van der Waals surface area contributed by atoms with E-state index >= 15 is 0 Å². The fourth-order valence-corrected chi connectivity index (χ4v) is 4.81. The summed E-state index contributed by atoms with van der Waals surface area (Å²) in [5.74, 6) is 0.181. The number of phenols is 1. The molecule has 0 spiro atoms. The van der Waals surface area contributed by atoms with Gasteiger partial charge >= 0.3 is 5.97 Å². The molecule has 5 N–H and O–H groups in total. The predicted octanol–water partition coefficient (Wildman–Crippen LogP) is 0.790. The molecule has 11 heteroatoms. The van der Waals surface area contributed by atoms with Gasteiger partial charge in [0, 0.05) is 16.5 Å². The van der Waals surface area contributed by atoms with Crippen LogP contribution in [0.1, 0.15) is 15.9 Å². The van der Waals surface area contributed by atoms with Crippen LogP contribution >= 0.6 is 0 Å². The summed E-state index contributed by atoms with van der Waals surface area (Å²) in [4.78, 5) is 12.5. The second kappa shape index (κ2) is 8.50. The first-order valence-corrected chi connectivity index (χ1v) is 11.2. The minimum absolute atomic E-state index is 0.0109. The van der Waals surface area contributed by atoms with E-state index in [0.29, 0.717) is 44.5 Å². The molecule has 11 nitrogen and oxygen atoms in total. The maximum absolute atomic E-state index is 12.5. The molecule has 0 aromatic heterocycles. The highest BCUT2D eigenvalue weighted by atomic mass is 16.7. The van der Waals surface area contributed by atoms with Gasteiger partial charge in [0.15, 0.2) is 23.0 Å². The number of carbonyl (C=O) groups is 1. The molecule has 6 rings (SSSR count). The summed E-state index contributed by atoms with van der Waals surface area (Å²) in [6.45, 7) is -0.578. The van der Waals surface area contributed by atoms with Crippen LogP contribution in [0, 0.1) is 0 Å². The molecule has 0 aliphatic carbocycles. The standard InChI is InChI=1S/C25H22O11/c26-7-17-20(28)21(29)22(30)25(35-17)36-23-14(27)3-1-10-5-12-13(8-32-24(12)31)18(19(10)23)11-2-4-15-16(6-11)34-9-33-15/h1-6,17,20-22,25-30H,7-9H2/t17-,20+,21+,22+,25-/m0/s1. The second-order valence-electron chi connectivity index (χ2n) is 8.75. The molecule has 0 unspecified atom stereocenters. The lowest BCUT2D eigenvalue weighted by Crippen LogP contribution is -2.60. The maximum atomic E-state index is 12.5. The Morgan fingerprint density at radius 2 is 1.75 bits per heavy atom. The zero-order valence-electron chi connectivity index (χ0n) is 18.7. The van der Waals surface area contributed by atoms with Crippen LogP contribution in [0.4, 0.5) is 0 Å². The molecule has 0 amide bonds. The molecule has 3 aliphatic heterocycles. The fourth-order valence-electron chi connectivity index (χ4n) is 4.81. The van der Waals surface area contributed by atoms with Crippen molar-refractivity contribution in [1.29, 1.82) is 0 Å². The molecule has 3 aliphatic rings. The molecular weight excluding hydrogens is 476 g/mol. The summed E-state index contributed by atoms with van der Waals surface area (Å²) in [5.41, 5.74) is 2.08. The zero-order valence-corrected chi connectivity index (χ0v) is 18.7. The van der Waals surface area contributed by atoms with Crippen LogP contribution in [0.3, 0.4) is 0 Å². The number of carbonyl (C=O) groups excluding carboxylic acids is 1. The van der Waals surface area contributed by atoms with Gasteiger partial charge in [0.1, 0.15) is 31.0 Å². The third-order valence-electron chi connectivity index (χ3n) is 6.66. The first-order chi connectivity index (χ1) is 17.4. The predicted molar refractivity (Wildman–Crippen MR) is 121 cm³/mol. The lowest BCUT2D eigenvalue weighted by Gasteiger charge is -2.39. The molecule has 3 aromatic rings. The van der Waals surface area contributed by atoms with Gasteiger partial charge in [-0.05, 0) is 35.2 Å². The van der Waals surface area contributed by atoms with Crippen LogP contribution in [-0.2, 0) is 16.1 Å². The van der Waals surface area contributed by atoms with Gasteiger partial charge in [0.05, 0.1) is 12.2 Å². The maximum Gasteiger partial charge on any atom is 0.338 e. The number of aromatic hydroxyl groups is 1. The Hall–Kier alpha value is -3.61. The van der Waals surface area contributed by atoms with E-state index in [-0.39, 0.29) is 24.9 Å². The molecule has 3 aromatic carbocycles. The minimum Gasteiger partial charge on any atom is -0.504 e. The molecular formula is C25H22O11. The number of aliphatic hydroxyl groups is 4. The molecule has 188 valence electrons. The summed E-state index contributed by atoms with van der Waals surface area (Å²) >= 11 is 0. The zero-order chi connectivity index (χ0) is 25.1. The average molecular weight is 498 g/mol. The molecule has 36 heavy (non-hydrogen) atoms. The van der Waals surface area contributed by atoms with Crippen LogP contribution < -0.4 is 14.2 Å². The van der Waals surface area contributed by atoms with Gasteiger partial charge in [-0.3, -0.25) is 0 Å². The van der Waals surface area contributed by atoms with Crippen molar-refractivity contribution >= 4 is 16.7 Å². The van der Waals surface area contributed by atoms with E-state index in [9.17, 15) is 30.3 Å². The molecule has 0 saturated carbocycles. The number of ether oxygens (including phenoxy) is 5. The lowest BCUT2D eigenvalue weighted by molar-refractivity contribution is -0.277. The van der Waals surface area contributed by atoms with Gasteiger partial charge in [-0.2, -0.15) is 0 Å². The largest absolute Gasteiger partial charge is 0.504 e. The smallest absolute Gasteiger partial charge is 0.338 e. The minimum atomic E-state index is -1.69. The Kier molecular flexibility index (Phi) is 5.39. The van der Waals surface area contributed by atoms with Crippen molar-refractivity contribution in [2.45, 2.75) is 37.3 Å². The fraction of sp³-hybridized carbons (Fsp3) is 0.320. The quantitative estimate of drug-likeness (QED) is 0.323. The highest BCUT2D eigenvalue weighted by Crippen LogP contribution is 2.48. The van der Waals surface area contributed by atoms with Crippen molar-refractivity contribution < 1.29 is 54.0 Å². The Bertz CT molecular complexity index is 1370. The van der Waals surface area contributed by atoms with Gasteiger partial charge in [-0.1, -0.05) is 12.1 Å². The Balaban J connectivity index is 1.55. The summed E-state index contributed by atoms with van der Waals surface area (Å²) in [7, 11) is 0. The van der Waals surface area contributed by atoms with E-state index in [2.05, 4.69) is 0 Å². The van der Waals surface area contributed by atoms with E-state index in [0.717, 1.165) is 0 Å².